The van der Waals surface area contributed by atoms with Crippen LogP contribution in [0.15, 0.2) is 60.8 Å². The maximum absolute atomic E-state index is 12.4. The van der Waals surface area contributed by atoms with E-state index in [0.29, 0.717) is 6.42 Å². The molecule has 3 atom stereocenters. The first-order chi connectivity index (χ1) is 25.6. The predicted octanol–water partition coefficient (Wildman–Crippen LogP) is 12.7. The van der Waals surface area contributed by atoms with E-state index in [4.69, 9.17) is 0 Å². The lowest BCUT2D eigenvalue weighted by Gasteiger charge is -2.21. The summed E-state index contributed by atoms with van der Waals surface area (Å²) in [5, 5.41) is 32.9. The second-order valence-electron chi connectivity index (χ2n) is 14.9. The van der Waals surface area contributed by atoms with E-state index in [0.717, 1.165) is 57.8 Å². The van der Waals surface area contributed by atoms with Crippen molar-refractivity contribution in [1.29, 1.82) is 0 Å². The Balaban J connectivity index is 3.61. The molecular formula is C47H85NO4. The number of aliphatic hydroxyl groups is 3. The SMILES string of the molecule is CC/C=C/CC/C=C/CC/C=C/C(O)C(CO)NC(=O)C(O)CCCCCCCCCCCCCC/C=C\C/C=C\CCCCCCCCCCC. The Morgan fingerprint density at radius 3 is 1.37 bits per heavy atom. The van der Waals surface area contributed by atoms with E-state index in [9.17, 15) is 20.1 Å². The molecule has 0 aromatic rings. The van der Waals surface area contributed by atoms with Crippen molar-refractivity contribution in [2.45, 2.75) is 225 Å². The lowest BCUT2D eigenvalue weighted by Crippen LogP contribution is -2.48. The summed E-state index contributed by atoms with van der Waals surface area (Å²) < 4.78 is 0. The number of amides is 1. The Morgan fingerprint density at radius 2 is 0.904 bits per heavy atom. The highest BCUT2D eigenvalue weighted by molar-refractivity contribution is 5.80. The maximum atomic E-state index is 12.4. The summed E-state index contributed by atoms with van der Waals surface area (Å²) in [6.45, 7) is 4.03. The van der Waals surface area contributed by atoms with E-state index in [2.05, 4.69) is 67.8 Å². The van der Waals surface area contributed by atoms with E-state index in [1.165, 1.54) is 128 Å². The van der Waals surface area contributed by atoms with Gasteiger partial charge in [-0.15, -0.1) is 0 Å². The van der Waals surface area contributed by atoms with E-state index < -0.39 is 24.2 Å². The Hall–Kier alpha value is -1.95. The molecule has 0 radical (unpaired) electrons. The molecule has 5 nitrogen and oxygen atoms in total. The van der Waals surface area contributed by atoms with Gasteiger partial charge >= 0.3 is 0 Å². The zero-order chi connectivity index (χ0) is 38.0. The molecule has 0 rings (SSSR count). The third kappa shape index (κ3) is 36.4. The van der Waals surface area contributed by atoms with Gasteiger partial charge in [-0.3, -0.25) is 4.79 Å². The van der Waals surface area contributed by atoms with Crippen LogP contribution in [0, 0.1) is 0 Å². The molecule has 0 heterocycles. The zero-order valence-corrected chi connectivity index (χ0v) is 34.2. The van der Waals surface area contributed by atoms with Crippen LogP contribution in [0.4, 0.5) is 0 Å². The third-order valence-electron chi connectivity index (χ3n) is 9.82. The summed E-state index contributed by atoms with van der Waals surface area (Å²) in [6, 6.07) is -0.821. The second-order valence-corrected chi connectivity index (χ2v) is 14.9. The fraction of sp³-hybridized carbons (Fsp3) is 0.766. The Labute approximate surface area is 322 Å². The van der Waals surface area contributed by atoms with Crippen LogP contribution in [-0.2, 0) is 4.79 Å². The van der Waals surface area contributed by atoms with Gasteiger partial charge in [-0.2, -0.15) is 0 Å². The highest BCUT2D eigenvalue weighted by atomic mass is 16.3. The number of nitrogens with one attached hydrogen (secondary N) is 1. The van der Waals surface area contributed by atoms with Crippen molar-refractivity contribution in [3.63, 3.8) is 0 Å². The normalized spacial score (nSPS) is 14.2. The Morgan fingerprint density at radius 1 is 0.500 bits per heavy atom. The number of carbonyl (C=O) groups is 1. The van der Waals surface area contributed by atoms with Gasteiger partial charge in [0.05, 0.1) is 18.8 Å². The van der Waals surface area contributed by atoms with Crippen LogP contribution >= 0.6 is 0 Å². The molecule has 52 heavy (non-hydrogen) atoms. The second kappa shape index (κ2) is 41.8. The van der Waals surface area contributed by atoms with Crippen LogP contribution in [0.2, 0.25) is 0 Å². The molecular weight excluding hydrogens is 643 g/mol. The molecule has 302 valence electrons. The number of carbonyl (C=O) groups excluding carboxylic acids is 1. The smallest absolute Gasteiger partial charge is 0.249 e. The van der Waals surface area contributed by atoms with Crippen molar-refractivity contribution in [3.05, 3.63) is 60.8 Å². The highest BCUT2D eigenvalue weighted by Gasteiger charge is 2.22. The summed E-state index contributed by atoms with van der Waals surface area (Å²) in [4.78, 5) is 12.4. The quantitative estimate of drug-likeness (QED) is 0.0375. The number of allylic oxidation sites excluding steroid dienone is 9. The van der Waals surface area contributed by atoms with E-state index in [1.807, 2.05) is 6.08 Å². The molecule has 0 aromatic heterocycles. The molecule has 0 aliphatic heterocycles. The van der Waals surface area contributed by atoms with Gasteiger partial charge < -0.3 is 20.6 Å². The minimum absolute atomic E-state index is 0.384. The monoisotopic (exact) mass is 728 g/mol. The highest BCUT2D eigenvalue weighted by Crippen LogP contribution is 2.15. The van der Waals surface area contributed by atoms with Gasteiger partial charge in [0, 0.05) is 0 Å². The van der Waals surface area contributed by atoms with Gasteiger partial charge in [0.15, 0.2) is 0 Å². The van der Waals surface area contributed by atoms with Gasteiger partial charge in [0.2, 0.25) is 5.91 Å². The van der Waals surface area contributed by atoms with Crippen LogP contribution in [0.3, 0.4) is 0 Å². The molecule has 0 saturated carbocycles. The lowest BCUT2D eigenvalue weighted by atomic mass is 10.0. The Kier molecular flexibility index (Phi) is 40.2. The minimum atomic E-state index is -1.11. The number of hydrogen-bond donors (Lipinski definition) is 4. The van der Waals surface area contributed by atoms with Crippen molar-refractivity contribution in [2.75, 3.05) is 6.61 Å². The number of hydrogen-bond acceptors (Lipinski definition) is 4. The first kappa shape index (κ1) is 50.1. The van der Waals surface area contributed by atoms with Crippen LogP contribution in [0.25, 0.3) is 0 Å². The van der Waals surface area contributed by atoms with Gasteiger partial charge in [-0.1, -0.05) is 197 Å². The molecule has 0 saturated heterocycles. The van der Waals surface area contributed by atoms with E-state index in [1.54, 1.807) is 6.08 Å². The van der Waals surface area contributed by atoms with Gasteiger partial charge in [0.25, 0.3) is 0 Å². The van der Waals surface area contributed by atoms with Crippen molar-refractivity contribution in [1.82, 2.24) is 5.32 Å². The van der Waals surface area contributed by atoms with Crippen molar-refractivity contribution >= 4 is 5.91 Å². The van der Waals surface area contributed by atoms with Gasteiger partial charge in [-0.05, 0) is 70.6 Å². The van der Waals surface area contributed by atoms with Crippen LogP contribution in [0.1, 0.15) is 206 Å². The standard InChI is InChI=1S/C47H85NO4/c1-3-5-7-9-11-13-15-16-17-18-19-20-21-22-23-24-25-26-27-28-29-30-31-32-34-36-38-40-42-46(51)47(52)48-44(43-49)45(50)41-39-37-35-33-14-12-10-8-6-4-2/h6,8,14,19-20,22-23,33,39,41,44-46,49-51H,3-5,7,9-13,15-18,21,24-32,34-38,40,42-43H2,1-2H3,(H,48,52)/b8-6+,20-19-,23-22-,33-14+,41-39+. The maximum Gasteiger partial charge on any atom is 0.249 e. The molecule has 0 spiro atoms. The summed E-state index contributed by atoms with van der Waals surface area (Å²) in [7, 11) is 0. The molecule has 4 N–H and O–H groups in total. The number of aliphatic hydroxyl groups excluding tert-OH is 3. The van der Waals surface area contributed by atoms with Crippen molar-refractivity contribution < 1.29 is 20.1 Å². The van der Waals surface area contributed by atoms with Crippen LogP contribution in [-0.4, -0.2) is 46.1 Å². The fourth-order valence-corrected chi connectivity index (χ4v) is 6.37. The first-order valence-electron chi connectivity index (χ1n) is 22.1. The summed E-state index contributed by atoms with van der Waals surface area (Å²) in [5.41, 5.74) is 0. The summed E-state index contributed by atoms with van der Waals surface area (Å²) >= 11 is 0. The largest absolute Gasteiger partial charge is 0.394 e. The van der Waals surface area contributed by atoms with Crippen molar-refractivity contribution in [3.8, 4) is 0 Å². The van der Waals surface area contributed by atoms with Crippen LogP contribution < -0.4 is 5.32 Å². The number of unbranched alkanes of at least 4 members (excludes halogenated alkanes) is 23. The molecule has 0 aliphatic rings. The van der Waals surface area contributed by atoms with Gasteiger partial charge in [-0.25, -0.2) is 0 Å². The summed E-state index contributed by atoms with van der Waals surface area (Å²) in [5.74, 6) is -0.523. The van der Waals surface area contributed by atoms with Gasteiger partial charge in [0.1, 0.15) is 6.10 Å². The predicted molar refractivity (Wildman–Crippen MR) is 227 cm³/mol. The van der Waals surface area contributed by atoms with Crippen LogP contribution in [0.5, 0.6) is 0 Å². The first-order valence-corrected chi connectivity index (χ1v) is 22.1. The molecule has 0 fully saturated rings. The van der Waals surface area contributed by atoms with E-state index >= 15 is 0 Å². The third-order valence-corrected chi connectivity index (χ3v) is 9.82. The molecule has 1 amide bonds. The number of rotatable bonds is 39. The molecule has 0 bridgehead atoms. The average Bonchev–Trinajstić information content (AvgIpc) is 3.15. The molecule has 3 unspecified atom stereocenters. The lowest BCUT2D eigenvalue weighted by molar-refractivity contribution is -0.131. The molecule has 0 aliphatic carbocycles. The topological polar surface area (TPSA) is 89.8 Å². The van der Waals surface area contributed by atoms with E-state index in [-0.39, 0.29) is 6.61 Å². The van der Waals surface area contributed by atoms with Crippen molar-refractivity contribution in [2.24, 2.45) is 0 Å². The zero-order valence-electron chi connectivity index (χ0n) is 34.2. The summed E-state index contributed by atoms with van der Waals surface area (Å²) in [6.07, 6.45) is 55.6. The average molecular weight is 728 g/mol. The minimum Gasteiger partial charge on any atom is -0.394 e. The Bertz CT molecular complexity index is 892. The fourth-order valence-electron chi connectivity index (χ4n) is 6.37. The molecule has 5 heteroatoms. The molecule has 0 aromatic carbocycles.